The van der Waals surface area contributed by atoms with Crippen LogP contribution in [0.5, 0.6) is 0 Å². The molecule has 0 aliphatic rings. The molecule has 0 unspecified atom stereocenters. The number of benzene rings is 1. The Bertz CT molecular complexity index is 385. The van der Waals surface area contributed by atoms with Gasteiger partial charge in [0.15, 0.2) is 0 Å². The number of nitrogens with one attached hydrogen (secondary N) is 1. The van der Waals surface area contributed by atoms with Crippen LogP contribution in [0.15, 0.2) is 41.3 Å². The number of urea groups is 1. The zero-order chi connectivity index (χ0) is 12.7. The highest BCUT2D eigenvalue weighted by Crippen LogP contribution is 2.20. The van der Waals surface area contributed by atoms with Crippen molar-refractivity contribution in [1.82, 2.24) is 4.90 Å². The lowest BCUT2D eigenvalue weighted by Gasteiger charge is -2.12. The summed E-state index contributed by atoms with van der Waals surface area (Å²) in [6.07, 6.45) is 4.16. The number of hydrogen-bond acceptors (Lipinski definition) is 2. The van der Waals surface area contributed by atoms with Crippen LogP contribution in [0.1, 0.15) is 6.92 Å². The number of anilines is 1. The van der Waals surface area contributed by atoms with Gasteiger partial charge in [0.05, 0.1) is 0 Å². The highest BCUT2D eigenvalue weighted by molar-refractivity contribution is 7.99. The fraction of sp³-hybridized carbons (Fsp3) is 0.308. The van der Waals surface area contributed by atoms with Crippen molar-refractivity contribution >= 4 is 23.5 Å². The van der Waals surface area contributed by atoms with Crippen molar-refractivity contribution in [3.8, 4) is 0 Å². The number of carbonyl (C=O) groups excluding carboxylic acids is 1. The van der Waals surface area contributed by atoms with E-state index in [1.54, 1.807) is 25.9 Å². The van der Waals surface area contributed by atoms with Crippen molar-refractivity contribution in [3.63, 3.8) is 0 Å². The van der Waals surface area contributed by atoms with E-state index in [2.05, 4.69) is 11.4 Å². The van der Waals surface area contributed by atoms with E-state index >= 15 is 0 Å². The SMILES string of the molecule is C/C=C/CSc1ccc(NC(=O)N(C)C)cc1. The number of nitrogens with zero attached hydrogens (tertiary/aromatic N) is 1. The molecule has 0 aliphatic heterocycles. The summed E-state index contributed by atoms with van der Waals surface area (Å²) in [6.45, 7) is 2.01. The van der Waals surface area contributed by atoms with Gasteiger partial charge in [-0.2, -0.15) is 0 Å². The molecule has 1 N–H and O–H groups in total. The molecule has 0 fully saturated rings. The minimum atomic E-state index is -0.112. The molecule has 0 aromatic heterocycles. The minimum absolute atomic E-state index is 0.112. The molecule has 0 atom stereocenters. The Balaban J connectivity index is 2.53. The Morgan fingerprint density at radius 1 is 1.35 bits per heavy atom. The van der Waals surface area contributed by atoms with Gasteiger partial charge in [-0.1, -0.05) is 12.2 Å². The third kappa shape index (κ3) is 4.95. The van der Waals surface area contributed by atoms with Crippen LogP contribution in [0, 0.1) is 0 Å². The number of hydrogen-bond donors (Lipinski definition) is 1. The van der Waals surface area contributed by atoms with Gasteiger partial charge in [-0.15, -0.1) is 11.8 Å². The Morgan fingerprint density at radius 3 is 2.53 bits per heavy atom. The molecule has 92 valence electrons. The summed E-state index contributed by atoms with van der Waals surface area (Å²) >= 11 is 1.77. The topological polar surface area (TPSA) is 32.3 Å². The molecule has 2 amide bonds. The number of allylic oxidation sites excluding steroid dienone is 1. The van der Waals surface area contributed by atoms with E-state index < -0.39 is 0 Å². The maximum absolute atomic E-state index is 11.4. The molecule has 0 saturated heterocycles. The maximum atomic E-state index is 11.4. The van der Waals surface area contributed by atoms with E-state index in [1.807, 2.05) is 37.3 Å². The molecule has 1 aromatic carbocycles. The molecule has 0 saturated carbocycles. The van der Waals surface area contributed by atoms with Crippen molar-refractivity contribution in [3.05, 3.63) is 36.4 Å². The Hall–Kier alpha value is -1.42. The fourth-order valence-corrected chi connectivity index (χ4v) is 1.92. The van der Waals surface area contributed by atoms with E-state index in [0.29, 0.717) is 0 Å². The molecular formula is C13H18N2OS. The number of carbonyl (C=O) groups is 1. The Morgan fingerprint density at radius 2 is 2.00 bits per heavy atom. The van der Waals surface area contributed by atoms with Gasteiger partial charge < -0.3 is 10.2 Å². The predicted molar refractivity (Wildman–Crippen MR) is 74.7 cm³/mol. The van der Waals surface area contributed by atoms with Crippen molar-refractivity contribution in [2.45, 2.75) is 11.8 Å². The van der Waals surface area contributed by atoms with Gasteiger partial charge in [0, 0.05) is 30.4 Å². The van der Waals surface area contributed by atoms with Crippen LogP contribution in [0.3, 0.4) is 0 Å². The number of thioether (sulfide) groups is 1. The monoisotopic (exact) mass is 250 g/mol. The van der Waals surface area contributed by atoms with Crippen LogP contribution < -0.4 is 5.32 Å². The molecule has 0 spiro atoms. The third-order valence-corrected chi connectivity index (χ3v) is 3.06. The first-order valence-corrected chi connectivity index (χ1v) is 6.44. The molecule has 4 heteroatoms. The number of amides is 2. The standard InChI is InChI=1S/C13H18N2OS/c1-4-5-10-17-12-8-6-11(7-9-12)14-13(16)15(2)3/h4-9H,10H2,1-3H3,(H,14,16)/b5-4+. The van der Waals surface area contributed by atoms with Crippen molar-refractivity contribution in [2.75, 3.05) is 25.2 Å². The first-order valence-electron chi connectivity index (χ1n) is 5.46. The zero-order valence-corrected chi connectivity index (χ0v) is 11.3. The second-order valence-corrected chi connectivity index (χ2v) is 4.82. The van der Waals surface area contributed by atoms with Gasteiger partial charge in [0.2, 0.25) is 0 Å². The molecule has 0 heterocycles. The lowest BCUT2D eigenvalue weighted by molar-refractivity contribution is 0.230. The average molecular weight is 250 g/mol. The highest BCUT2D eigenvalue weighted by atomic mass is 32.2. The van der Waals surface area contributed by atoms with Crippen LogP contribution in [-0.2, 0) is 0 Å². The summed E-state index contributed by atoms with van der Waals surface area (Å²) in [7, 11) is 3.44. The smallest absolute Gasteiger partial charge is 0.321 e. The molecule has 0 radical (unpaired) electrons. The summed E-state index contributed by atoms with van der Waals surface area (Å²) in [5, 5.41) is 2.80. The van der Waals surface area contributed by atoms with Crippen LogP contribution in [-0.4, -0.2) is 30.8 Å². The van der Waals surface area contributed by atoms with Gasteiger partial charge in [0.25, 0.3) is 0 Å². The van der Waals surface area contributed by atoms with E-state index in [4.69, 9.17) is 0 Å². The summed E-state index contributed by atoms with van der Waals surface area (Å²) in [6, 6.07) is 7.75. The first kappa shape index (κ1) is 13.6. The lowest BCUT2D eigenvalue weighted by atomic mass is 10.3. The van der Waals surface area contributed by atoms with Crippen LogP contribution in [0.2, 0.25) is 0 Å². The second-order valence-electron chi connectivity index (χ2n) is 3.73. The lowest BCUT2D eigenvalue weighted by Crippen LogP contribution is -2.27. The molecule has 0 bridgehead atoms. The number of rotatable bonds is 4. The van der Waals surface area contributed by atoms with E-state index in [9.17, 15) is 4.79 Å². The Kier molecular flexibility index (Phi) is 5.63. The van der Waals surface area contributed by atoms with Gasteiger partial charge in [-0.05, 0) is 31.2 Å². The quantitative estimate of drug-likeness (QED) is 0.655. The fourth-order valence-electron chi connectivity index (χ4n) is 1.11. The Labute approximate surface area is 107 Å². The van der Waals surface area contributed by atoms with Crippen LogP contribution in [0.4, 0.5) is 10.5 Å². The van der Waals surface area contributed by atoms with Gasteiger partial charge in [-0.3, -0.25) is 0 Å². The molecule has 3 nitrogen and oxygen atoms in total. The first-order chi connectivity index (χ1) is 8.13. The highest BCUT2D eigenvalue weighted by Gasteiger charge is 2.03. The minimum Gasteiger partial charge on any atom is -0.331 e. The third-order valence-electron chi connectivity index (χ3n) is 2.09. The molecule has 1 aromatic rings. The van der Waals surface area contributed by atoms with Gasteiger partial charge >= 0.3 is 6.03 Å². The van der Waals surface area contributed by atoms with Crippen LogP contribution >= 0.6 is 11.8 Å². The van der Waals surface area contributed by atoms with E-state index in [1.165, 1.54) is 9.80 Å². The summed E-state index contributed by atoms with van der Waals surface area (Å²) in [5.74, 6) is 0.972. The summed E-state index contributed by atoms with van der Waals surface area (Å²) in [5.41, 5.74) is 0.819. The van der Waals surface area contributed by atoms with Crippen LogP contribution in [0.25, 0.3) is 0 Å². The summed E-state index contributed by atoms with van der Waals surface area (Å²) < 4.78 is 0. The maximum Gasteiger partial charge on any atom is 0.321 e. The van der Waals surface area contributed by atoms with Crippen molar-refractivity contribution < 1.29 is 4.79 Å². The molecule has 0 aliphatic carbocycles. The predicted octanol–water partition coefficient (Wildman–Crippen LogP) is 3.45. The van der Waals surface area contributed by atoms with Crippen molar-refractivity contribution in [2.24, 2.45) is 0 Å². The summed E-state index contributed by atoms with van der Waals surface area (Å²) in [4.78, 5) is 14.1. The van der Waals surface area contributed by atoms with E-state index in [-0.39, 0.29) is 6.03 Å². The normalized spacial score (nSPS) is 10.5. The molecule has 1 rings (SSSR count). The zero-order valence-electron chi connectivity index (χ0n) is 10.4. The largest absolute Gasteiger partial charge is 0.331 e. The van der Waals surface area contributed by atoms with Gasteiger partial charge in [-0.25, -0.2) is 4.79 Å². The molecular weight excluding hydrogens is 232 g/mol. The van der Waals surface area contributed by atoms with Gasteiger partial charge in [0.1, 0.15) is 0 Å². The van der Waals surface area contributed by atoms with E-state index in [0.717, 1.165) is 11.4 Å². The molecule has 17 heavy (non-hydrogen) atoms. The average Bonchev–Trinajstić information content (AvgIpc) is 2.31. The second kappa shape index (κ2) is 7.01. The van der Waals surface area contributed by atoms with Crippen molar-refractivity contribution in [1.29, 1.82) is 0 Å².